The number of hydrogen-bond donors (Lipinski definition) is 1. The minimum atomic E-state index is -3.54. The van der Waals surface area contributed by atoms with E-state index in [0.717, 1.165) is 30.0 Å². The van der Waals surface area contributed by atoms with Gasteiger partial charge in [0.05, 0.1) is 4.90 Å². The molecule has 0 spiro atoms. The summed E-state index contributed by atoms with van der Waals surface area (Å²) < 4.78 is 24.5. The van der Waals surface area contributed by atoms with E-state index in [1.165, 1.54) is 12.8 Å². The van der Waals surface area contributed by atoms with Gasteiger partial charge in [-0.1, -0.05) is 26.0 Å². The lowest BCUT2D eigenvalue weighted by Crippen LogP contribution is -2.22. The molecule has 0 aromatic heterocycles. The number of rotatable bonds is 4. The zero-order chi connectivity index (χ0) is 15.0. The van der Waals surface area contributed by atoms with E-state index in [2.05, 4.69) is 23.8 Å². The topological polar surface area (TPSA) is 58.5 Å². The van der Waals surface area contributed by atoms with Gasteiger partial charge in [-0.3, -0.25) is 0 Å². The smallest absolute Gasteiger partial charge is 0.200 e. The van der Waals surface area contributed by atoms with Crippen molar-refractivity contribution in [3.05, 3.63) is 29.8 Å². The second-order valence-electron chi connectivity index (χ2n) is 6.50. The number of nitrogens with one attached hydrogen (secondary N) is 1. The Balaban J connectivity index is 1.73. The first kappa shape index (κ1) is 14.6. The molecule has 2 aliphatic rings. The Hall–Kier alpha value is -1.36. The first-order valence-electron chi connectivity index (χ1n) is 7.64. The first-order chi connectivity index (χ1) is 9.95. The number of nitrogens with zero attached hydrogens (tertiary/aromatic N) is 1. The van der Waals surface area contributed by atoms with Crippen LogP contribution in [0.25, 0.3) is 0 Å². The van der Waals surface area contributed by atoms with E-state index in [4.69, 9.17) is 0 Å². The molecule has 21 heavy (non-hydrogen) atoms. The SMILES string of the molecule is CC(C)c1ccc(S(=O)(=O)NN=C2CC3CCC2C3)cc1. The second-order valence-corrected chi connectivity index (χ2v) is 8.16. The Labute approximate surface area is 126 Å². The highest BCUT2D eigenvalue weighted by atomic mass is 32.2. The largest absolute Gasteiger partial charge is 0.276 e. The Morgan fingerprint density at radius 1 is 1.19 bits per heavy atom. The van der Waals surface area contributed by atoms with Gasteiger partial charge in [-0.05, 0) is 61.1 Å². The summed E-state index contributed by atoms with van der Waals surface area (Å²) in [7, 11) is -3.54. The van der Waals surface area contributed by atoms with Gasteiger partial charge in [0.2, 0.25) is 0 Å². The van der Waals surface area contributed by atoms with Gasteiger partial charge in [0.1, 0.15) is 0 Å². The van der Waals surface area contributed by atoms with E-state index in [9.17, 15) is 8.42 Å². The number of sulfonamides is 1. The van der Waals surface area contributed by atoms with E-state index >= 15 is 0 Å². The minimum absolute atomic E-state index is 0.277. The zero-order valence-corrected chi connectivity index (χ0v) is 13.4. The third kappa shape index (κ3) is 2.98. The third-order valence-electron chi connectivity index (χ3n) is 4.68. The minimum Gasteiger partial charge on any atom is -0.200 e. The van der Waals surface area contributed by atoms with E-state index in [0.29, 0.717) is 11.8 Å². The molecule has 5 heteroatoms. The van der Waals surface area contributed by atoms with Crippen LogP contribution < -0.4 is 4.83 Å². The van der Waals surface area contributed by atoms with Crippen molar-refractivity contribution in [2.45, 2.75) is 50.3 Å². The van der Waals surface area contributed by atoms with Crippen molar-refractivity contribution in [3.8, 4) is 0 Å². The summed E-state index contributed by atoms with van der Waals surface area (Å²) in [6, 6.07) is 7.03. The summed E-state index contributed by atoms with van der Waals surface area (Å²) >= 11 is 0. The molecule has 2 saturated carbocycles. The highest BCUT2D eigenvalue weighted by Gasteiger charge is 2.36. The Kier molecular flexibility index (Phi) is 3.78. The lowest BCUT2D eigenvalue weighted by molar-refractivity contribution is 0.579. The number of benzene rings is 1. The van der Waals surface area contributed by atoms with Crippen LogP contribution in [0, 0.1) is 11.8 Å². The van der Waals surface area contributed by atoms with Crippen molar-refractivity contribution in [1.82, 2.24) is 4.83 Å². The van der Waals surface area contributed by atoms with Crippen LogP contribution in [0.1, 0.15) is 51.0 Å². The third-order valence-corrected chi connectivity index (χ3v) is 5.90. The number of hydrazone groups is 1. The molecule has 0 aliphatic heterocycles. The molecule has 0 amide bonds. The number of fused-ring (bicyclic) bond motifs is 2. The molecule has 2 fully saturated rings. The molecule has 2 bridgehead atoms. The van der Waals surface area contributed by atoms with Gasteiger partial charge in [0, 0.05) is 5.71 Å². The maximum Gasteiger partial charge on any atom is 0.276 e. The molecule has 1 aromatic carbocycles. The van der Waals surface area contributed by atoms with E-state index in [1.54, 1.807) is 12.1 Å². The molecule has 114 valence electrons. The monoisotopic (exact) mass is 306 g/mol. The zero-order valence-electron chi connectivity index (χ0n) is 12.5. The maximum absolute atomic E-state index is 12.3. The van der Waals surface area contributed by atoms with Crippen LogP contribution in [0.5, 0.6) is 0 Å². The van der Waals surface area contributed by atoms with Gasteiger partial charge in [-0.2, -0.15) is 13.5 Å². The van der Waals surface area contributed by atoms with Crippen LogP contribution >= 0.6 is 0 Å². The molecule has 0 heterocycles. The number of hydrogen-bond acceptors (Lipinski definition) is 3. The lowest BCUT2D eigenvalue weighted by Gasteiger charge is -2.12. The summed E-state index contributed by atoms with van der Waals surface area (Å²) in [4.78, 5) is 2.69. The van der Waals surface area contributed by atoms with Crippen molar-refractivity contribution >= 4 is 15.7 Å². The van der Waals surface area contributed by atoms with Crippen LogP contribution in [0.3, 0.4) is 0 Å². The van der Waals surface area contributed by atoms with Crippen LogP contribution in [0.2, 0.25) is 0 Å². The quantitative estimate of drug-likeness (QED) is 0.868. The maximum atomic E-state index is 12.3. The standard InChI is InChI=1S/C16H22N2O2S/c1-11(2)13-5-7-15(8-6-13)21(19,20)18-17-16-10-12-3-4-14(16)9-12/h5-8,11-12,14,18H,3-4,9-10H2,1-2H3. The summed E-state index contributed by atoms with van der Waals surface area (Å²) in [5, 5.41) is 4.19. The van der Waals surface area contributed by atoms with Gasteiger partial charge in [0.25, 0.3) is 10.0 Å². The predicted molar refractivity (Wildman–Crippen MR) is 83.7 cm³/mol. The van der Waals surface area contributed by atoms with Gasteiger partial charge < -0.3 is 0 Å². The molecule has 3 rings (SSSR count). The van der Waals surface area contributed by atoms with Crippen LogP contribution in [-0.4, -0.2) is 14.1 Å². The average Bonchev–Trinajstić information content (AvgIpc) is 3.08. The van der Waals surface area contributed by atoms with Crippen molar-refractivity contribution in [1.29, 1.82) is 0 Å². The molecule has 0 saturated heterocycles. The van der Waals surface area contributed by atoms with Gasteiger partial charge in [-0.25, -0.2) is 4.83 Å². The van der Waals surface area contributed by atoms with Gasteiger partial charge in [-0.15, -0.1) is 0 Å². The highest BCUT2D eigenvalue weighted by Crippen LogP contribution is 2.42. The summed E-state index contributed by atoms with van der Waals surface area (Å²) in [6.45, 7) is 4.17. The molecule has 2 unspecified atom stereocenters. The Morgan fingerprint density at radius 3 is 2.43 bits per heavy atom. The second kappa shape index (κ2) is 5.44. The normalized spacial score (nSPS) is 26.7. The first-order valence-corrected chi connectivity index (χ1v) is 9.12. The summed E-state index contributed by atoms with van der Waals surface area (Å²) in [5.41, 5.74) is 2.17. The predicted octanol–water partition coefficient (Wildman–Crippen LogP) is 3.26. The molecule has 4 nitrogen and oxygen atoms in total. The highest BCUT2D eigenvalue weighted by molar-refractivity contribution is 7.89. The van der Waals surface area contributed by atoms with Crippen LogP contribution in [-0.2, 0) is 10.0 Å². The molecular weight excluding hydrogens is 284 g/mol. The summed E-state index contributed by atoms with van der Waals surface area (Å²) in [5.74, 6) is 1.62. The summed E-state index contributed by atoms with van der Waals surface area (Å²) in [6.07, 6.45) is 4.57. The average molecular weight is 306 g/mol. The Bertz CT molecular complexity index is 647. The van der Waals surface area contributed by atoms with Crippen molar-refractivity contribution in [2.24, 2.45) is 16.9 Å². The van der Waals surface area contributed by atoms with E-state index in [-0.39, 0.29) is 4.90 Å². The molecular formula is C16H22N2O2S. The Morgan fingerprint density at radius 2 is 1.90 bits per heavy atom. The van der Waals surface area contributed by atoms with Crippen LogP contribution in [0.4, 0.5) is 0 Å². The van der Waals surface area contributed by atoms with Gasteiger partial charge >= 0.3 is 0 Å². The molecule has 1 N–H and O–H groups in total. The fourth-order valence-corrected chi connectivity index (χ4v) is 4.20. The van der Waals surface area contributed by atoms with Crippen molar-refractivity contribution in [3.63, 3.8) is 0 Å². The van der Waals surface area contributed by atoms with E-state index < -0.39 is 10.0 Å². The fourth-order valence-electron chi connectivity index (χ4n) is 3.37. The van der Waals surface area contributed by atoms with Crippen molar-refractivity contribution in [2.75, 3.05) is 0 Å². The molecule has 1 aromatic rings. The van der Waals surface area contributed by atoms with Gasteiger partial charge in [0.15, 0.2) is 0 Å². The van der Waals surface area contributed by atoms with Crippen LogP contribution in [0.15, 0.2) is 34.3 Å². The molecule has 2 atom stereocenters. The molecule has 0 radical (unpaired) electrons. The van der Waals surface area contributed by atoms with Crippen molar-refractivity contribution < 1.29 is 8.42 Å². The van der Waals surface area contributed by atoms with E-state index in [1.807, 2.05) is 12.1 Å². The molecule has 2 aliphatic carbocycles. The lowest BCUT2D eigenvalue weighted by atomic mass is 9.99. The fraction of sp³-hybridized carbons (Fsp3) is 0.562.